The number of rotatable bonds is 6. The largest absolute Gasteiger partial charge is 0.488 e. The molecular formula is C29H27Cl2F4NO3. The molecule has 4 rings (SSSR count). The van der Waals surface area contributed by atoms with Gasteiger partial charge in [0.15, 0.2) is 0 Å². The maximum Gasteiger partial charge on any atom is 0.424 e. The van der Waals surface area contributed by atoms with Crippen molar-refractivity contribution in [1.29, 1.82) is 0 Å². The van der Waals surface area contributed by atoms with Crippen LogP contribution in [0.5, 0.6) is 5.75 Å². The summed E-state index contributed by atoms with van der Waals surface area (Å²) in [7, 11) is 0. The van der Waals surface area contributed by atoms with E-state index in [4.69, 9.17) is 27.9 Å². The average molecular weight is 584 g/mol. The maximum absolute atomic E-state index is 14.2. The number of hydrogen-bond acceptors (Lipinski definition) is 3. The van der Waals surface area contributed by atoms with Gasteiger partial charge in [-0.1, -0.05) is 65.7 Å². The fourth-order valence-corrected chi connectivity index (χ4v) is 5.33. The minimum atomic E-state index is -5.26. The summed E-state index contributed by atoms with van der Waals surface area (Å²) in [6.07, 6.45) is -7.92. The molecule has 1 N–H and O–H groups in total. The molecule has 1 amide bonds. The number of benzene rings is 3. The van der Waals surface area contributed by atoms with Gasteiger partial charge in [0.2, 0.25) is 11.5 Å². The van der Waals surface area contributed by atoms with Gasteiger partial charge in [-0.25, -0.2) is 4.39 Å². The summed E-state index contributed by atoms with van der Waals surface area (Å²) in [5.41, 5.74) is -2.83. The first-order chi connectivity index (χ1) is 18.3. The molecule has 4 nitrogen and oxygen atoms in total. The molecule has 39 heavy (non-hydrogen) atoms. The van der Waals surface area contributed by atoms with E-state index in [0.29, 0.717) is 40.4 Å². The van der Waals surface area contributed by atoms with Gasteiger partial charge in [0, 0.05) is 15.7 Å². The molecule has 2 unspecified atom stereocenters. The molecular weight excluding hydrogens is 557 g/mol. The Bertz CT molecular complexity index is 1320. The highest BCUT2D eigenvalue weighted by atomic mass is 35.5. The number of hydrogen-bond donors (Lipinski definition) is 1. The summed E-state index contributed by atoms with van der Waals surface area (Å²) in [6.45, 7) is 2.50. The lowest BCUT2D eigenvalue weighted by Gasteiger charge is -2.33. The molecule has 0 aliphatic carbocycles. The Kier molecular flexibility index (Phi) is 8.50. The Labute approximate surface area is 234 Å². The zero-order valence-electron chi connectivity index (χ0n) is 21.2. The number of aryl methyl sites for hydroxylation is 1. The molecule has 0 bridgehead atoms. The number of aliphatic hydroxyl groups is 1. The molecule has 4 atom stereocenters. The van der Waals surface area contributed by atoms with E-state index < -0.39 is 35.5 Å². The van der Waals surface area contributed by atoms with Gasteiger partial charge in [0.1, 0.15) is 18.0 Å². The number of alkyl halides is 4. The third-order valence-corrected chi connectivity index (χ3v) is 7.45. The first kappa shape index (κ1) is 29.2. The molecule has 3 aromatic carbocycles. The maximum atomic E-state index is 14.2. The third-order valence-electron chi connectivity index (χ3n) is 7.01. The summed E-state index contributed by atoms with van der Waals surface area (Å²) >= 11 is 12.2. The third kappa shape index (κ3) is 6.03. The Morgan fingerprint density at radius 3 is 2.26 bits per heavy atom. The second-order valence-corrected chi connectivity index (χ2v) is 10.6. The van der Waals surface area contributed by atoms with Gasteiger partial charge >= 0.3 is 6.18 Å². The summed E-state index contributed by atoms with van der Waals surface area (Å²) in [4.78, 5) is 15.3. The number of carbonyl (C=O) groups is 1. The van der Waals surface area contributed by atoms with Crippen LogP contribution >= 0.6 is 23.2 Å². The van der Waals surface area contributed by atoms with E-state index in [1.165, 1.54) is 11.0 Å². The van der Waals surface area contributed by atoms with Crippen LogP contribution in [0.25, 0.3) is 0 Å². The molecule has 3 aromatic rings. The summed E-state index contributed by atoms with van der Waals surface area (Å²) in [5.74, 6) is -0.485. The van der Waals surface area contributed by atoms with Crippen molar-refractivity contribution in [3.05, 3.63) is 93.5 Å². The van der Waals surface area contributed by atoms with Gasteiger partial charge in [-0.2, -0.15) is 13.2 Å². The number of anilines is 1. The van der Waals surface area contributed by atoms with Crippen molar-refractivity contribution in [2.24, 2.45) is 0 Å². The second kappa shape index (κ2) is 11.4. The zero-order chi connectivity index (χ0) is 28.5. The number of amides is 1. The molecule has 1 aliphatic rings. The quantitative estimate of drug-likeness (QED) is 0.303. The Hall–Kier alpha value is -2.81. The monoisotopic (exact) mass is 583 g/mol. The highest BCUT2D eigenvalue weighted by molar-refractivity contribution is 6.34. The minimum Gasteiger partial charge on any atom is -0.488 e. The van der Waals surface area contributed by atoms with Gasteiger partial charge < -0.3 is 14.7 Å². The van der Waals surface area contributed by atoms with Crippen LogP contribution in [0.3, 0.4) is 0 Å². The lowest BCUT2D eigenvalue weighted by atomic mass is 9.87. The summed E-state index contributed by atoms with van der Waals surface area (Å²) in [5, 5.41) is 11.2. The lowest BCUT2D eigenvalue weighted by Crippen LogP contribution is -2.49. The highest BCUT2D eigenvalue weighted by Crippen LogP contribution is 2.44. The van der Waals surface area contributed by atoms with Crippen LogP contribution < -0.4 is 9.64 Å². The van der Waals surface area contributed by atoms with Crippen LogP contribution in [0.4, 0.5) is 23.2 Å². The van der Waals surface area contributed by atoms with E-state index in [-0.39, 0.29) is 18.9 Å². The molecule has 0 radical (unpaired) electrons. The number of fused-ring (bicyclic) bond motifs is 1. The molecule has 0 saturated heterocycles. The van der Waals surface area contributed by atoms with Gasteiger partial charge in [-0.05, 0) is 67.6 Å². The summed E-state index contributed by atoms with van der Waals surface area (Å²) < 4.78 is 61.8. The van der Waals surface area contributed by atoms with Crippen molar-refractivity contribution in [2.75, 3.05) is 11.4 Å². The van der Waals surface area contributed by atoms with Crippen molar-refractivity contribution in [3.8, 4) is 5.75 Å². The first-order valence-corrected chi connectivity index (χ1v) is 13.1. The summed E-state index contributed by atoms with van der Waals surface area (Å²) in [6, 6.07) is 17.3. The van der Waals surface area contributed by atoms with Crippen LogP contribution in [0.1, 0.15) is 42.9 Å². The number of halogens is 6. The number of nitrogens with zero attached hydrogens (tertiary/aromatic N) is 1. The number of carbonyl (C=O) groups excluding carboxylic acids is 1. The highest BCUT2D eigenvalue weighted by Gasteiger charge is 2.59. The molecule has 208 valence electrons. The molecule has 1 heterocycles. The smallest absolute Gasteiger partial charge is 0.424 e. The van der Waals surface area contributed by atoms with Gasteiger partial charge in [0.25, 0.3) is 0 Å². The van der Waals surface area contributed by atoms with Crippen molar-refractivity contribution in [2.45, 2.75) is 56.7 Å². The SMILES string of the molecule is CC(F)C(O)(c1ccc2c(c1)CC[C@H](Oc1cc(Cl)cc(Cl)c1)CN2C(=O)[C@@H](C)c1ccccc1)C(F)(F)F. The predicted octanol–water partition coefficient (Wildman–Crippen LogP) is 7.63. The van der Waals surface area contributed by atoms with Crippen LogP contribution in [0.15, 0.2) is 66.7 Å². The number of ether oxygens (including phenoxy) is 1. The lowest BCUT2D eigenvalue weighted by molar-refractivity contribution is -0.285. The minimum absolute atomic E-state index is 0.0928. The zero-order valence-corrected chi connectivity index (χ0v) is 22.7. The van der Waals surface area contributed by atoms with Crippen molar-refractivity contribution < 1.29 is 32.2 Å². The van der Waals surface area contributed by atoms with E-state index >= 15 is 0 Å². The molecule has 0 saturated carbocycles. The van der Waals surface area contributed by atoms with Crippen LogP contribution in [-0.2, 0) is 16.8 Å². The Morgan fingerprint density at radius 1 is 1.03 bits per heavy atom. The van der Waals surface area contributed by atoms with E-state index in [2.05, 4.69) is 0 Å². The van der Waals surface area contributed by atoms with Crippen LogP contribution in [0.2, 0.25) is 10.0 Å². The van der Waals surface area contributed by atoms with Gasteiger partial charge in [0.05, 0.1) is 12.5 Å². The van der Waals surface area contributed by atoms with Gasteiger partial charge in [-0.3, -0.25) is 4.79 Å². The van der Waals surface area contributed by atoms with Crippen LogP contribution in [-0.4, -0.2) is 36.0 Å². The van der Waals surface area contributed by atoms with Crippen molar-refractivity contribution in [1.82, 2.24) is 0 Å². The van der Waals surface area contributed by atoms with E-state index in [1.54, 1.807) is 25.1 Å². The Morgan fingerprint density at radius 2 is 1.67 bits per heavy atom. The van der Waals surface area contributed by atoms with E-state index in [1.807, 2.05) is 30.3 Å². The Balaban J connectivity index is 1.76. The van der Waals surface area contributed by atoms with Crippen molar-refractivity contribution >= 4 is 34.8 Å². The molecule has 0 spiro atoms. The standard InChI is InChI=1S/C29H27Cl2F4NO3/c1-17(19-6-4-3-5-7-19)27(37)36-16-24(39-25-14-22(30)13-23(31)15-25)10-8-20-12-21(9-11-26(20)36)28(38,18(2)32)29(33,34)35/h3-7,9,11-15,17-18,24,38H,8,10,16H2,1-2H3/t17-,18?,24-,28?/m0/s1. The topological polar surface area (TPSA) is 49.8 Å². The fraction of sp³-hybridized carbons (Fsp3) is 0.345. The van der Waals surface area contributed by atoms with Crippen molar-refractivity contribution in [3.63, 3.8) is 0 Å². The first-order valence-electron chi connectivity index (χ1n) is 12.4. The van der Waals surface area contributed by atoms with E-state index in [0.717, 1.165) is 17.7 Å². The molecule has 10 heteroatoms. The second-order valence-electron chi connectivity index (χ2n) is 9.69. The fourth-order valence-electron chi connectivity index (χ4n) is 4.83. The normalized spacial score (nSPS) is 18.9. The average Bonchev–Trinajstić information content (AvgIpc) is 3.05. The van der Waals surface area contributed by atoms with Gasteiger partial charge in [-0.15, -0.1) is 0 Å². The molecule has 1 aliphatic heterocycles. The van der Waals surface area contributed by atoms with E-state index in [9.17, 15) is 27.5 Å². The molecule has 0 fully saturated rings. The predicted molar refractivity (Wildman–Crippen MR) is 143 cm³/mol. The van der Waals surface area contributed by atoms with Crippen LogP contribution in [0, 0.1) is 0 Å². The molecule has 0 aromatic heterocycles.